The minimum absolute atomic E-state index is 0.188. The van der Waals surface area contributed by atoms with E-state index in [4.69, 9.17) is 5.11 Å². The van der Waals surface area contributed by atoms with Crippen molar-refractivity contribution in [1.29, 1.82) is 0 Å². The summed E-state index contributed by atoms with van der Waals surface area (Å²) in [6.45, 7) is 2.55. The van der Waals surface area contributed by atoms with Gasteiger partial charge in [0.2, 0.25) is 0 Å². The van der Waals surface area contributed by atoms with Crippen LogP contribution >= 0.6 is 0 Å². The first-order chi connectivity index (χ1) is 5.23. The van der Waals surface area contributed by atoms with Crippen LogP contribution in [0.1, 0.15) is 32.6 Å². The van der Waals surface area contributed by atoms with Gasteiger partial charge in [-0.05, 0) is 32.7 Å². The number of hydrogen-bond donors (Lipinski definition) is 2. The summed E-state index contributed by atoms with van der Waals surface area (Å²) < 4.78 is 0. The highest BCUT2D eigenvalue weighted by Gasteiger charge is 2.34. The Balaban J connectivity index is 2.57. The van der Waals surface area contributed by atoms with Crippen LogP contribution in [0.15, 0.2) is 0 Å². The number of hydrogen-bond acceptors (Lipinski definition) is 2. The zero-order chi connectivity index (χ0) is 8.32. The molecule has 0 aromatic carbocycles. The van der Waals surface area contributed by atoms with Crippen molar-refractivity contribution < 1.29 is 5.11 Å². The van der Waals surface area contributed by atoms with Crippen molar-refractivity contribution >= 4 is 0 Å². The van der Waals surface area contributed by atoms with Gasteiger partial charge in [0.1, 0.15) is 0 Å². The Bertz CT molecular complexity index is 127. The molecule has 1 fully saturated rings. The van der Waals surface area contributed by atoms with Gasteiger partial charge in [0.05, 0.1) is 0 Å². The molecule has 1 aliphatic rings. The summed E-state index contributed by atoms with van der Waals surface area (Å²) in [5.74, 6) is 0.459. The van der Waals surface area contributed by atoms with Crippen molar-refractivity contribution in [1.82, 2.24) is 5.32 Å². The summed E-state index contributed by atoms with van der Waals surface area (Å²) in [6.07, 6.45) is 4.96. The molecule has 2 unspecified atom stereocenters. The Morgan fingerprint density at radius 3 is 2.73 bits per heavy atom. The average molecular weight is 157 g/mol. The lowest BCUT2D eigenvalue weighted by atomic mass is 9.74. The molecular weight excluding hydrogens is 138 g/mol. The minimum atomic E-state index is 0.188. The smallest absolute Gasteiger partial charge is 0.0476 e. The number of nitrogens with one attached hydrogen (secondary N) is 1. The Morgan fingerprint density at radius 1 is 1.55 bits per heavy atom. The summed E-state index contributed by atoms with van der Waals surface area (Å²) in [7, 11) is 1.99. The zero-order valence-corrected chi connectivity index (χ0v) is 7.56. The quantitative estimate of drug-likeness (QED) is 0.630. The predicted octanol–water partition coefficient (Wildman–Crippen LogP) is 1.15. The highest BCUT2D eigenvalue weighted by Crippen LogP contribution is 2.32. The number of rotatable bonds is 2. The van der Waals surface area contributed by atoms with Crippen molar-refractivity contribution in [2.45, 2.75) is 38.1 Å². The van der Waals surface area contributed by atoms with Gasteiger partial charge in [-0.15, -0.1) is 0 Å². The molecular formula is C9H19NO. The first-order valence-electron chi connectivity index (χ1n) is 4.52. The predicted molar refractivity (Wildman–Crippen MR) is 46.5 cm³/mol. The fraction of sp³-hybridized carbons (Fsp3) is 1.00. The fourth-order valence-electron chi connectivity index (χ4n) is 2.03. The van der Waals surface area contributed by atoms with Gasteiger partial charge >= 0.3 is 0 Å². The van der Waals surface area contributed by atoms with Gasteiger partial charge in [-0.3, -0.25) is 0 Å². The number of aliphatic hydroxyl groups is 1. The van der Waals surface area contributed by atoms with Crippen LogP contribution in [0.3, 0.4) is 0 Å². The van der Waals surface area contributed by atoms with E-state index in [1.54, 1.807) is 0 Å². The van der Waals surface area contributed by atoms with Crippen LogP contribution in [-0.4, -0.2) is 24.3 Å². The molecule has 1 rings (SSSR count). The lowest BCUT2D eigenvalue weighted by molar-refractivity contribution is 0.0989. The molecule has 0 heterocycles. The van der Waals surface area contributed by atoms with E-state index in [2.05, 4.69) is 12.2 Å². The third-order valence-electron chi connectivity index (χ3n) is 3.19. The van der Waals surface area contributed by atoms with Crippen molar-refractivity contribution in [2.75, 3.05) is 13.7 Å². The SMILES string of the molecule is CNC1(C)CCCCC1CO. The minimum Gasteiger partial charge on any atom is -0.396 e. The molecule has 0 amide bonds. The first-order valence-corrected chi connectivity index (χ1v) is 4.52. The molecule has 0 aromatic rings. The molecule has 2 atom stereocenters. The van der Waals surface area contributed by atoms with Gasteiger partial charge in [0.15, 0.2) is 0 Å². The van der Waals surface area contributed by atoms with Gasteiger partial charge in [-0.2, -0.15) is 0 Å². The van der Waals surface area contributed by atoms with Crippen LogP contribution in [-0.2, 0) is 0 Å². The van der Waals surface area contributed by atoms with Gasteiger partial charge in [-0.25, -0.2) is 0 Å². The molecule has 2 heteroatoms. The molecule has 1 saturated carbocycles. The molecule has 0 aliphatic heterocycles. The van der Waals surface area contributed by atoms with Gasteiger partial charge in [-0.1, -0.05) is 12.8 Å². The normalized spacial score (nSPS) is 39.0. The Morgan fingerprint density at radius 2 is 2.27 bits per heavy atom. The van der Waals surface area contributed by atoms with Crippen LogP contribution in [0.25, 0.3) is 0 Å². The summed E-state index contributed by atoms with van der Waals surface area (Å²) in [4.78, 5) is 0. The zero-order valence-electron chi connectivity index (χ0n) is 7.56. The third-order valence-corrected chi connectivity index (χ3v) is 3.19. The van der Waals surface area contributed by atoms with E-state index < -0.39 is 0 Å². The van der Waals surface area contributed by atoms with Gasteiger partial charge < -0.3 is 10.4 Å². The Hall–Kier alpha value is -0.0800. The highest BCUT2D eigenvalue weighted by atomic mass is 16.3. The van der Waals surface area contributed by atoms with Crippen molar-refractivity contribution in [3.63, 3.8) is 0 Å². The second-order valence-electron chi connectivity index (χ2n) is 3.79. The van der Waals surface area contributed by atoms with Crippen LogP contribution in [0.2, 0.25) is 0 Å². The van der Waals surface area contributed by atoms with E-state index >= 15 is 0 Å². The van der Waals surface area contributed by atoms with E-state index in [-0.39, 0.29) is 5.54 Å². The molecule has 66 valence electrons. The number of aliphatic hydroxyl groups excluding tert-OH is 1. The first kappa shape index (κ1) is 9.01. The summed E-state index contributed by atoms with van der Waals surface area (Å²) in [5, 5.41) is 12.4. The topological polar surface area (TPSA) is 32.3 Å². The van der Waals surface area contributed by atoms with Crippen LogP contribution < -0.4 is 5.32 Å². The molecule has 0 aromatic heterocycles. The monoisotopic (exact) mass is 157 g/mol. The molecule has 0 radical (unpaired) electrons. The van der Waals surface area contributed by atoms with E-state index in [0.717, 1.165) is 0 Å². The molecule has 0 spiro atoms. The third kappa shape index (κ3) is 1.74. The summed E-state index contributed by atoms with van der Waals surface area (Å²) in [5.41, 5.74) is 0.188. The van der Waals surface area contributed by atoms with E-state index in [1.165, 1.54) is 25.7 Å². The van der Waals surface area contributed by atoms with Crippen molar-refractivity contribution in [3.05, 3.63) is 0 Å². The standard InChI is InChI=1S/C9H19NO/c1-9(10-2)6-4-3-5-8(9)7-11/h8,10-11H,3-7H2,1-2H3. The lowest BCUT2D eigenvalue weighted by Gasteiger charge is -2.40. The molecule has 11 heavy (non-hydrogen) atoms. The second kappa shape index (κ2) is 3.55. The highest BCUT2D eigenvalue weighted by molar-refractivity contribution is 4.91. The average Bonchev–Trinajstić information content (AvgIpc) is 2.05. The molecule has 0 bridgehead atoms. The maximum absolute atomic E-state index is 9.12. The van der Waals surface area contributed by atoms with Crippen molar-refractivity contribution in [2.24, 2.45) is 5.92 Å². The van der Waals surface area contributed by atoms with Crippen LogP contribution in [0.5, 0.6) is 0 Å². The van der Waals surface area contributed by atoms with Crippen LogP contribution in [0, 0.1) is 5.92 Å². The van der Waals surface area contributed by atoms with E-state index in [1.807, 2.05) is 7.05 Å². The molecule has 2 N–H and O–H groups in total. The Labute approximate surface area is 69.0 Å². The Kier molecular flexibility index (Phi) is 2.90. The maximum Gasteiger partial charge on any atom is 0.0476 e. The second-order valence-corrected chi connectivity index (χ2v) is 3.79. The van der Waals surface area contributed by atoms with Crippen molar-refractivity contribution in [3.8, 4) is 0 Å². The maximum atomic E-state index is 9.12. The molecule has 2 nitrogen and oxygen atoms in total. The van der Waals surface area contributed by atoms with E-state index in [0.29, 0.717) is 12.5 Å². The van der Waals surface area contributed by atoms with Gasteiger partial charge in [0.25, 0.3) is 0 Å². The van der Waals surface area contributed by atoms with Crippen LogP contribution in [0.4, 0.5) is 0 Å². The van der Waals surface area contributed by atoms with Gasteiger partial charge in [0, 0.05) is 12.1 Å². The molecule has 0 saturated heterocycles. The fourth-order valence-corrected chi connectivity index (χ4v) is 2.03. The molecule has 1 aliphatic carbocycles. The largest absolute Gasteiger partial charge is 0.396 e. The lowest BCUT2D eigenvalue weighted by Crippen LogP contribution is -2.50. The summed E-state index contributed by atoms with van der Waals surface area (Å²) >= 11 is 0. The summed E-state index contributed by atoms with van der Waals surface area (Å²) in [6, 6.07) is 0. The van der Waals surface area contributed by atoms with E-state index in [9.17, 15) is 0 Å².